The maximum atomic E-state index is 11.6. The quantitative estimate of drug-likeness (QED) is 0.655. The zero-order valence-electron chi connectivity index (χ0n) is 8.60. The summed E-state index contributed by atoms with van der Waals surface area (Å²) in [4.78, 5) is 13.8. The molecule has 1 aliphatic heterocycles. The van der Waals surface area contributed by atoms with Gasteiger partial charge in [-0.1, -0.05) is 0 Å². The molecule has 0 bridgehead atoms. The number of nitrogens with one attached hydrogen (secondary N) is 2. The first-order valence-corrected chi connectivity index (χ1v) is 4.98. The van der Waals surface area contributed by atoms with E-state index in [1.54, 1.807) is 0 Å². The van der Waals surface area contributed by atoms with Crippen LogP contribution in [-0.4, -0.2) is 57.6 Å². The maximum Gasteiger partial charge on any atom is 0.293 e. The maximum absolute atomic E-state index is 11.6. The molecule has 7 nitrogen and oxygen atoms in total. The number of hydrogen-bond acceptors (Lipinski definition) is 5. The van der Waals surface area contributed by atoms with Crippen LogP contribution in [0.1, 0.15) is 23.5 Å². The molecule has 2 heterocycles. The van der Waals surface area contributed by atoms with Crippen molar-refractivity contribution in [3.8, 4) is 0 Å². The molecule has 1 atom stereocenters. The van der Waals surface area contributed by atoms with Crippen LogP contribution in [0.3, 0.4) is 0 Å². The predicted molar refractivity (Wildman–Crippen MR) is 52.2 cm³/mol. The first-order valence-electron chi connectivity index (χ1n) is 4.98. The molecule has 7 heteroatoms. The summed E-state index contributed by atoms with van der Waals surface area (Å²) in [6.07, 6.45) is 2.11. The van der Waals surface area contributed by atoms with E-state index >= 15 is 0 Å². The van der Waals surface area contributed by atoms with Crippen LogP contribution in [0.15, 0.2) is 0 Å². The Balaban J connectivity index is 1.89. The van der Waals surface area contributed by atoms with Crippen LogP contribution in [0.25, 0.3) is 0 Å². The summed E-state index contributed by atoms with van der Waals surface area (Å²) in [6.45, 7) is 1.97. The number of piperidine rings is 1. The fraction of sp³-hybridized carbons (Fsp3) is 0.750. The summed E-state index contributed by atoms with van der Waals surface area (Å²) in [5.41, 5.74) is 0. The Bertz CT molecular complexity index is 324. The molecular weight excluding hydrogens is 196 g/mol. The highest BCUT2D eigenvalue weighted by molar-refractivity contribution is 5.90. The molecule has 0 saturated carbocycles. The minimum Gasteiger partial charge on any atom is -0.345 e. The van der Waals surface area contributed by atoms with Crippen molar-refractivity contribution < 1.29 is 4.79 Å². The average Bonchev–Trinajstić information content (AvgIpc) is 2.70. The molecule has 1 aromatic heterocycles. The van der Waals surface area contributed by atoms with Gasteiger partial charge in [0.1, 0.15) is 0 Å². The lowest BCUT2D eigenvalue weighted by Gasteiger charge is -2.29. The van der Waals surface area contributed by atoms with Gasteiger partial charge in [0.05, 0.1) is 0 Å². The van der Waals surface area contributed by atoms with Gasteiger partial charge in [0.2, 0.25) is 0 Å². The second-order valence-corrected chi connectivity index (χ2v) is 3.81. The summed E-state index contributed by atoms with van der Waals surface area (Å²) < 4.78 is 0. The van der Waals surface area contributed by atoms with Gasteiger partial charge in [0.15, 0.2) is 0 Å². The van der Waals surface area contributed by atoms with E-state index in [-0.39, 0.29) is 17.8 Å². The number of likely N-dealkylation sites (tertiary alicyclic amines) is 1. The highest BCUT2D eigenvalue weighted by Crippen LogP contribution is 2.07. The van der Waals surface area contributed by atoms with Crippen molar-refractivity contribution in [2.45, 2.75) is 18.9 Å². The Kier molecular flexibility index (Phi) is 2.91. The number of carbonyl (C=O) groups is 1. The third-order valence-corrected chi connectivity index (χ3v) is 2.51. The second-order valence-electron chi connectivity index (χ2n) is 3.81. The van der Waals surface area contributed by atoms with Crippen molar-refractivity contribution in [2.24, 2.45) is 0 Å². The van der Waals surface area contributed by atoms with Gasteiger partial charge in [-0.25, -0.2) is 0 Å². The number of tetrazole rings is 1. The zero-order chi connectivity index (χ0) is 10.7. The number of rotatable bonds is 2. The minimum absolute atomic E-state index is 0.100. The van der Waals surface area contributed by atoms with Gasteiger partial charge in [-0.15, -0.1) is 10.2 Å². The number of amides is 1. The van der Waals surface area contributed by atoms with E-state index in [1.807, 2.05) is 7.05 Å². The number of aromatic nitrogens is 4. The number of nitrogens with zero attached hydrogens (tertiary/aromatic N) is 4. The molecule has 0 radical (unpaired) electrons. The number of H-pyrrole nitrogens is 1. The Labute approximate surface area is 87.2 Å². The monoisotopic (exact) mass is 210 g/mol. The molecule has 0 aliphatic carbocycles. The van der Waals surface area contributed by atoms with Crippen molar-refractivity contribution >= 4 is 5.91 Å². The van der Waals surface area contributed by atoms with Gasteiger partial charge < -0.3 is 10.2 Å². The van der Waals surface area contributed by atoms with E-state index in [9.17, 15) is 4.79 Å². The molecular formula is C8H14N6O. The topological polar surface area (TPSA) is 86.8 Å². The smallest absolute Gasteiger partial charge is 0.293 e. The molecule has 1 unspecified atom stereocenters. The molecule has 1 aliphatic rings. The van der Waals surface area contributed by atoms with E-state index in [0.29, 0.717) is 0 Å². The molecule has 2 N–H and O–H groups in total. The van der Waals surface area contributed by atoms with Gasteiger partial charge >= 0.3 is 0 Å². The first kappa shape index (κ1) is 10.0. The van der Waals surface area contributed by atoms with Crippen molar-refractivity contribution in [3.63, 3.8) is 0 Å². The molecule has 1 fully saturated rings. The van der Waals surface area contributed by atoms with E-state index in [0.717, 1.165) is 25.9 Å². The van der Waals surface area contributed by atoms with Crippen LogP contribution < -0.4 is 5.32 Å². The fourth-order valence-electron chi connectivity index (χ4n) is 1.79. The molecule has 2 rings (SSSR count). The van der Waals surface area contributed by atoms with Crippen LogP contribution in [-0.2, 0) is 0 Å². The molecule has 0 spiro atoms. The SMILES string of the molecule is CN1CCCC(NC(=O)c2nn[nH]n2)C1. The lowest BCUT2D eigenvalue weighted by molar-refractivity contribution is 0.0902. The third-order valence-electron chi connectivity index (χ3n) is 2.51. The largest absolute Gasteiger partial charge is 0.345 e. The van der Waals surface area contributed by atoms with Crippen molar-refractivity contribution in [1.82, 2.24) is 30.8 Å². The summed E-state index contributed by atoms with van der Waals surface area (Å²) in [5.74, 6) is -0.160. The van der Waals surface area contributed by atoms with Gasteiger partial charge in [0.25, 0.3) is 11.7 Å². The third kappa shape index (κ3) is 2.50. The standard InChI is InChI=1S/C8H14N6O/c1-14-4-2-3-6(5-14)9-8(15)7-10-12-13-11-7/h6H,2-5H2,1H3,(H,9,15)(H,10,11,12,13). The fourth-order valence-corrected chi connectivity index (χ4v) is 1.79. The van der Waals surface area contributed by atoms with Crippen LogP contribution in [0, 0.1) is 0 Å². The molecule has 1 amide bonds. The molecule has 0 aromatic carbocycles. The summed E-state index contributed by atoms with van der Waals surface area (Å²) in [7, 11) is 2.05. The lowest BCUT2D eigenvalue weighted by Crippen LogP contribution is -2.46. The van der Waals surface area contributed by atoms with E-state index < -0.39 is 0 Å². The van der Waals surface area contributed by atoms with Crippen molar-refractivity contribution in [1.29, 1.82) is 0 Å². The Morgan fingerprint density at radius 1 is 1.67 bits per heavy atom. The summed E-state index contributed by atoms with van der Waals surface area (Å²) in [6, 6.07) is 0.190. The Hall–Kier alpha value is -1.50. The Morgan fingerprint density at radius 2 is 2.53 bits per heavy atom. The summed E-state index contributed by atoms with van der Waals surface area (Å²) in [5, 5.41) is 15.7. The van der Waals surface area contributed by atoms with Crippen LogP contribution in [0.4, 0.5) is 0 Å². The number of likely N-dealkylation sites (N-methyl/N-ethyl adjacent to an activating group) is 1. The zero-order valence-corrected chi connectivity index (χ0v) is 8.60. The van der Waals surface area contributed by atoms with Crippen molar-refractivity contribution in [3.05, 3.63) is 5.82 Å². The van der Waals surface area contributed by atoms with Crippen molar-refractivity contribution in [2.75, 3.05) is 20.1 Å². The highest BCUT2D eigenvalue weighted by atomic mass is 16.2. The number of aromatic amines is 1. The normalized spacial score (nSPS) is 22.6. The van der Waals surface area contributed by atoms with Crippen LogP contribution >= 0.6 is 0 Å². The van der Waals surface area contributed by atoms with Crippen LogP contribution in [0.5, 0.6) is 0 Å². The molecule has 15 heavy (non-hydrogen) atoms. The number of hydrogen-bond donors (Lipinski definition) is 2. The highest BCUT2D eigenvalue weighted by Gasteiger charge is 2.21. The summed E-state index contributed by atoms with van der Waals surface area (Å²) >= 11 is 0. The Morgan fingerprint density at radius 3 is 3.20 bits per heavy atom. The van der Waals surface area contributed by atoms with Gasteiger partial charge in [0, 0.05) is 12.6 Å². The van der Waals surface area contributed by atoms with E-state index in [4.69, 9.17) is 0 Å². The van der Waals surface area contributed by atoms with Crippen LogP contribution in [0.2, 0.25) is 0 Å². The predicted octanol–water partition coefficient (Wildman–Crippen LogP) is -0.976. The van der Waals surface area contributed by atoms with E-state index in [2.05, 4.69) is 30.8 Å². The van der Waals surface area contributed by atoms with Gasteiger partial charge in [-0.3, -0.25) is 4.79 Å². The van der Waals surface area contributed by atoms with E-state index in [1.165, 1.54) is 0 Å². The molecule has 82 valence electrons. The number of carbonyl (C=O) groups excluding carboxylic acids is 1. The average molecular weight is 210 g/mol. The molecule has 1 saturated heterocycles. The second kappa shape index (κ2) is 4.35. The lowest BCUT2D eigenvalue weighted by atomic mass is 10.1. The minimum atomic E-state index is -0.260. The van der Waals surface area contributed by atoms with Gasteiger partial charge in [-0.2, -0.15) is 5.21 Å². The first-order chi connectivity index (χ1) is 7.25. The molecule has 1 aromatic rings. The van der Waals surface area contributed by atoms with Gasteiger partial charge in [-0.05, 0) is 31.6 Å².